The van der Waals surface area contributed by atoms with E-state index in [1.807, 2.05) is 0 Å². The van der Waals surface area contributed by atoms with Crippen molar-refractivity contribution in [2.75, 3.05) is 19.4 Å². The highest BCUT2D eigenvalue weighted by Gasteiger charge is 2.25. The number of nitrogens with zero attached hydrogens (tertiary/aromatic N) is 3. The number of benzene rings is 1. The van der Waals surface area contributed by atoms with Crippen molar-refractivity contribution in [3.63, 3.8) is 0 Å². The van der Waals surface area contributed by atoms with Crippen LogP contribution in [0.3, 0.4) is 0 Å². The van der Waals surface area contributed by atoms with E-state index in [4.69, 9.17) is 0 Å². The van der Waals surface area contributed by atoms with Crippen LogP contribution in [0, 0.1) is 27.7 Å². The van der Waals surface area contributed by atoms with Crippen molar-refractivity contribution < 1.29 is 18.0 Å². The average Bonchev–Trinajstić information content (AvgIpc) is 2.82. The molecule has 27 heavy (non-hydrogen) atoms. The molecule has 146 valence electrons. The normalized spacial score (nSPS) is 11.7. The highest BCUT2D eigenvalue weighted by atomic mass is 32.2. The number of rotatable bonds is 5. The molecule has 0 spiro atoms. The molecule has 8 nitrogen and oxygen atoms in total. The van der Waals surface area contributed by atoms with E-state index < -0.39 is 21.7 Å². The second kappa shape index (κ2) is 7.24. The Morgan fingerprint density at radius 1 is 1.11 bits per heavy atom. The molecular formula is C18H24N4O4S. The molecule has 1 amide bonds. The van der Waals surface area contributed by atoms with Gasteiger partial charge in [0.15, 0.2) is 0 Å². The number of Topliss-reactive ketones (excluding diaryl/α,β-unsaturated/α-hetero) is 1. The molecule has 1 aromatic heterocycles. The van der Waals surface area contributed by atoms with Gasteiger partial charge in [-0.1, -0.05) is 0 Å². The molecule has 0 aliphatic heterocycles. The fourth-order valence-electron chi connectivity index (χ4n) is 2.71. The summed E-state index contributed by atoms with van der Waals surface area (Å²) in [5.41, 5.74) is 2.97. The lowest BCUT2D eigenvalue weighted by Gasteiger charge is -2.16. The van der Waals surface area contributed by atoms with Crippen molar-refractivity contribution in [3.8, 4) is 0 Å². The molecule has 0 atom stereocenters. The molecule has 2 aromatic rings. The number of ketones is 1. The predicted octanol–water partition coefficient (Wildman–Crippen LogP) is 1.73. The first-order chi connectivity index (χ1) is 12.4. The Balaban J connectivity index is 2.43. The number of sulfonamides is 1. The van der Waals surface area contributed by atoms with E-state index in [0.717, 1.165) is 4.31 Å². The van der Waals surface area contributed by atoms with E-state index in [1.165, 1.54) is 30.9 Å². The van der Waals surface area contributed by atoms with Crippen molar-refractivity contribution in [3.05, 3.63) is 40.2 Å². The second-order valence-electron chi connectivity index (χ2n) is 6.65. The first-order valence-electron chi connectivity index (χ1n) is 8.27. The zero-order valence-corrected chi connectivity index (χ0v) is 17.4. The summed E-state index contributed by atoms with van der Waals surface area (Å²) in [5.74, 6) is -1.55. The number of aryl methyl sites for hydroxylation is 3. The number of carbonyl (C=O) groups excluding carboxylic acids is 2. The molecule has 0 bridgehead atoms. The third-order valence-corrected chi connectivity index (χ3v) is 6.40. The third kappa shape index (κ3) is 3.79. The van der Waals surface area contributed by atoms with Gasteiger partial charge in [-0.2, -0.15) is 5.10 Å². The van der Waals surface area contributed by atoms with Gasteiger partial charge in [0.1, 0.15) is 0 Å². The molecule has 1 aromatic carbocycles. The Labute approximate surface area is 159 Å². The third-order valence-electron chi connectivity index (χ3n) is 4.61. The van der Waals surface area contributed by atoms with Gasteiger partial charge >= 0.3 is 0 Å². The van der Waals surface area contributed by atoms with Gasteiger partial charge in [0, 0.05) is 32.5 Å². The molecular weight excluding hydrogens is 368 g/mol. The Morgan fingerprint density at radius 2 is 1.70 bits per heavy atom. The number of hydrogen-bond donors (Lipinski definition) is 1. The van der Waals surface area contributed by atoms with Gasteiger partial charge in [-0.25, -0.2) is 12.7 Å². The number of nitrogens with one attached hydrogen (secondary N) is 1. The standard InChI is InChI=1S/C18H24N4O4S/c1-10-8-14(27(25,26)21(5)6)9-15(11(10)2)19-18(24)17(23)16-12(3)20-22(7)13(16)4/h8-9H,1-7H3,(H,19,24). The summed E-state index contributed by atoms with van der Waals surface area (Å²) in [7, 11) is 0.883. The predicted molar refractivity (Wildman–Crippen MR) is 102 cm³/mol. The highest BCUT2D eigenvalue weighted by Crippen LogP contribution is 2.26. The fraction of sp³-hybridized carbons (Fsp3) is 0.389. The van der Waals surface area contributed by atoms with Gasteiger partial charge < -0.3 is 5.32 Å². The Kier molecular flexibility index (Phi) is 5.58. The molecule has 0 fully saturated rings. The zero-order chi connectivity index (χ0) is 20.7. The largest absolute Gasteiger partial charge is 0.319 e. The molecule has 0 unspecified atom stereocenters. The van der Waals surface area contributed by atoms with Crippen molar-refractivity contribution in [1.29, 1.82) is 0 Å². The Morgan fingerprint density at radius 3 is 2.19 bits per heavy atom. The van der Waals surface area contributed by atoms with Crippen LogP contribution in [-0.4, -0.2) is 48.3 Å². The summed E-state index contributed by atoms with van der Waals surface area (Å²) in [6, 6.07) is 2.91. The van der Waals surface area contributed by atoms with Crippen LogP contribution in [0.5, 0.6) is 0 Å². The Bertz CT molecular complexity index is 1040. The van der Waals surface area contributed by atoms with Crippen LogP contribution in [0.15, 0.2) is 17.0 Å². The summed E-state index contributed by atoms with van der Waals surface area (Å²) < 4.78 is 27.5. The van der Waals surface area contributed by atoms with Crippen LogP contribution >= 0.6 is 0 Å². The van der Waals surface area contributed by atoms with E-state index in [9.17, 15) is 18.0 Å². The minimum atomic E-state index is -3.67. The number of carbonyl (C=O) groups is 2. The van der Waals surface area contributed by atoms with E-state index in [1.54, 1.807) is 34.7 Å². The fourth-order valence-corrected chi connectivity index (χ4v) is 3.72. The second-order valence-corrected chi connectivity index (χ2v) is 8.80. The summed E-state index contributed by atoms with van der Waals surface area (Å²) in [5, 5.41) is 6.71. The molecule has 0 saturated heterocycles. The molecule has 1 heterocycles. The molecule has 9 heteroatoms. The number of amides is 1. The summed E-state index contributed by atoms with van der Waals surface area (Å²) >= 11 is 0. The summed E-state index contributed by atoms with van der Waals surface area (Å²) in [6.45, 7) is 6.87. The van der Waals surface area contributed by atoms with Crippen molar-refractivity contribution in [2.24, 2.45) is 7.05 Å². The first-order valence-corrected chi connectivity index (χ1v) is 9.71. The van der Waals surface area contributed by atoms with E-state index in [0.29, 0.717) is 22.5 Å². The zero-order valence-electron chi connectivity index (χ0n) is 16.5. The number of aromatic nitrogens is 2. The van der Waals surface area contributed by atoms with Gasteiger partial charge in [0.25, 0.3) is 11.7 Å². The highest BCUT2D eigenvalue weighted by molar-refractivity contribution is 7.89. The van der Waals surface area contributed by atoms with Crippen LogP contribution in [0.2, 0.25) is 0 Å². The minimum absolute atomic E-state index is 0.0482. The number of hydrogen-bond acceptors (Lipinski definition) is 5. The molecule has 0 saturated carbocycles. The van der Waals surface area contributed by atoms with Crippen LogP contribution in [0.25, 0.3) is 0 Å². The van der Waals surface area contributed by atoms with Crippen LogP contribution in [0.4, 0.5) is 5.69 Å². The first kappa shape index (κ1) is 20.8. The van der Waals surface area contributed by atoms with Crippen molar-refractivity contribution >= 4 is 27.4 Å². The molecule has 0 radical (unpaired) electrons. The molecule has 1 N–H and O–H groups in total. The van der Waals surface area contributed by atoms with Gasteiger partial charge in [-0.3, -0.25) is 14.3 Å². The smallest absolute Gasteiger partial charge is 0.296 e. The SMILES string of the molecule is Cc1cc(S(=O)(=O)N(C)C)cc(NC(=O)C(=O)c2c(C)nn(C)c2C)c1C. The van der Waals surface area contributed by atoms with Crippen LogP contribution in [0.1, 0.15) is 32.9 Å². The van der Waals surface area contributed by atoms with Crippen molar-refractivity contribution in [1.82, 2.24) is 14.1 Å². The maximum absolute atomic E-state index is 12.6. The monoisotopic (exact) mass is 392 g/mol. The quantitative estimate of drug-likeness (QED) is 0.617. The number of anilines is 1. The van der Waals surface area contributed by atoms with Gasteiger partial charge in [-0.05, 0) is 51.0 Å². The maximum Gasteiger partial charge on any atom is 0.296 e. The molecule has 2 rings (SSSR count). The van der Waals surface area contributed by atoms with E-state index in [-0.39, 0.29) is 16.1 Å². The lowest BCUT2D eigenvalue weighted by atomic mass is 10.1. The summed E-state index contributed by atoms with van der Waals surface area (Å²) in [4.78, 5) is 25.2. The lowest BCUT2D eigenvalue weighted by Crippen LogP contribution is -2.26. The van der Waals surface area contributed by atoms with Gasteiger partial charge in [0.05, 0.1) is 16.2 Å². The Hall–Kier alpha value is -2.52. The summed E-state index contributed by atoms with van der Waals surface area (Å²) in [6.07, 6.45) is 0. The van der Waals surface area contributed by atoms with Gasteiger partial charge in [-0.15, -0.1) is 0 Å². The minimum Gasteiger partial charge on any atom is -0.319 e. The van der Waals surface area contributed by atoms with E-state index >= 15 is 0 Å². The van der Waals surface area contributed by atoms with Crippen LogP contribution < -0.4 is 5.32 Å². The van der Waals surface area contributed by atoms with Crippen molar-refractivity contribution in [2.45, 2.75) is 32.6 Å². The van der Waals surface area contributed by atoms with Crippen LogP contribution in [-0.2, 0) is 21.9 Å². The maximum atomic E-state index is 12.6. The van der Waals surface area contributed by atoms with Gasteiger partial charge in [0.2, 0.25) is 10.0 Å². The lowest BCUT2D eigenvalue weighted by molar-refractivity contribution is -0.112. The van der Waals surface area contributed by atoms with E-state index in [2.05, 4.69) is 10.4 Å². The average molecular weight is 392 g/mol. The topological polar surface area (TPSA) is 101 Å². The molecule has 0 aliphatic rings. The molecule has 0 aliphatic carbocycles.